The molecule has 3 N–H and O–H groups in total. The molecule has 0 amide bonds. The van der Waals surface area contributed by atoms with Crippen molar-refractivity contribution in [2.45, 2.75) is 37.0 Å². The summed E-state index contributed by atoms with van der Waals surface area (Å²) in [5.74, 6) is 0.777. The molecule has 1 saturated heterocycles. The Hall–Kier alpha value is -2.94. The first kappa shape index (κ1) is 21.9. The summed E-state index contributed by atoms with van der Waals surface area (Å²) in [4.78, 5) is 4.38. The number of aromatic nitrogens is 1. The molecule has 2 atom stereocenters. The molecule has 2 heterocycles. The number of hydrogen-bond acceptors (Lipinski definition) is 7. The summed E-state index contributed by atoms with van der Waals surface area (Å²) in [5.41, 5.74) is 1.45. The Balaban J connectivity index is 1.19. The van der Waals surface area contributed by atoms with Gasteiger partial charge in [0.15, 0.2) is 11.6 Å². The Morgan fingerprint density at radius 2 is 2.09 bits per heavy atom. The van der Waals surface area contributed by atoms with Crippen LogP contribution in [0.2, 0.25) is 0 Å². The third kappa shape index (κ3) is 5.03. The number of rotatable bonds is 9. The van der Waals surface area contributed by atoms with E-state index < -0.39 is 11.9 Å². The molecule has 3 aromatic rings. The molecule has 0 bridgehead atoms. The van der Waals surface area contributed by atoms with Gasteiger partial charge in [0.1, 0.15) is 24.2 Å². The maximum atomic E-state index is 14.3. The van der Waals surface area contributed by atoms with Crippen LogP contribution in [-0.4, -0.2) is 54.6 Å². The zero-order valence-electron chi connectivity index (χ0n) is 18.5. The number of aliphatic hydroxyl groups excluding tert-OH is 1. The second kappa shape index (κ2) is 9.13. The van der Waals surface area contributed by atoms with Gasteiger partial charge in [0.05, 0.1) is 17.7 Å². The SMILES string of the molecule is CNc1ccc(Oc2ccnc3cc(OCC(O)CNC4COC5(CC5)C4)ccc23)c(F)c1. The van der Waals surface area contributed by atoms with E-state index in [1.165, 1.54) is 6.07 Å². The summed E-state index contributed by atoms with van der Waals surface area (Å²) in [6, 6.07) is 12.1. The van der Waals surface area contributed by atoms with Crippen LogP contribution in [0.5, 0.6) is 17.2 Å². The number of halogens is 1. The van der Waals surface area contributed by atoms with Crippen LogP contribution in [0, 0.1) is 5.82 Å². The van der Waals surface area contributed by atoms with E-state index in [1.54, 1.807) is 43.6 Å². The van der Waals surface area contributed by atoms with Crippen LogP contribution < -0.4 is 20.1 Å². The molecule has 1 spiro atoms. The Morgan fingerprint density at radius 1 is 1.21 bits per heavy atom. The Bertz CT molecular complexity index is 1140. The molecule has 7 nitrogen and oxygen atoms in total. The smallest absolute Gasteiger partial charge is 0.167 e. The summed E-state index contributed by atoms with van der Waals surface area (Å²) >= 11 is 0. The number of ether oxygens (including phenoxy) is 3. The Labute approximate surface area is 191 Å². The number of nitrogens with zero attached hydrogens (tertiary/aromatic N) is 1. The molecule has 2 unspecified atom stereocenters. The van der Waals surface area contributed by atoms with Gasteiger partial charge in [0.25, 0.3) is 0 Å². The van der Waals surface area contributed by atoms with Crippen molar-refractivity contribution in [2.75, 3.05) is 32.1 Å². The first-order valence-electron chi connectivity index (χ1n) is 11.3. The topological polar surface area (TPSA) is 84.9 Å². The minimum Gasteiger partial charge on any atom is -0.491 e. The molecule has 0 radical (unpaired) electrons. The van der Waals surface area contributed by atoms with E-state index in [-0.39, 0.29) is 18.0 Å². The highest BCUT2D eigenvalue weighted by atomic mass is 19.1. The van der Waals surface area contributed by atoms with Gasteiger partial charge in [-0.05, 0) is 49.6 Å². The second-order valence-electron chi connectivity index (χ2n) is 8.75. The van der Waals surface area contributed by atoms with Crippen molar-refractivity contribution in [1.82, 2.24) is 10.3 Å². The molecule has 2 aliphatic rings. The van der Waals surface area contributed by atoms with E-state index >= 15 is 0 Å². The van der Waals surface area contributed by atoms with E-state index in [2.05, 4.69) is 15.6 Å². The number of fused-ring (bicyclic) bond motifs is 1. The lowest BCUT2D eigenvalue weighted by Gasteiger charge is -2.16. The highest BCUT2D eigenvalue weighted by Crippen LogP contribution is 2.47. The molecule has 174 valence electrons. The largest absolute Gasteiger partial charge is 0.491 e. The Morgan fingerprint density at radius 3 is 2.85 bits per heavy atom. The van der Waals surface area contributed by atoms with Gasteiger partial charge in [-0.25, -0.2) is 4.39 Å². The van der Waals surface area contributed by atoms with Crippen LogP contribution in [0.25, 0.3) is 10.9 Å². The minimum atomic E-state index is -0.636. The summed E-state index contributed by atoms with van der Waals surface area (Å²) in [6.45, 7) is 1.32. The molecular weight excluding hydrogens is 425 g/mol. The van der Waals surface area contributed by atoms with Gasteiger partial charge in [-0.2, -0.15) is 0 Å². The molecule has 2 fully saturated rings. The van der Waals surface area contributed by atoms with Crippen molar-refractivity contribution < 1.29 is 23.7 Å². The third-order valence-corrected chi connectivity index (χ3v) is 6.22. The van der Waals surface area contributed by atoms with Crippen molar-refractivity contribution in [3.05, 3.63) is 54.5 Å². The monoisotopic (exact) mass is 453 g/mol. The number of benzene rings is 2. The number of aliphatic hydroxyl groups is 1. The van der Waals surface area contributed by atoms with E-state index in [0.29, 0.717) is 41.9 Å². The summed E-state index contributed by atoms with van der Waals surface area (Å²) in [6.07, 6.45) is 4.29. The van der Waals surface area contributed by atoms with Crippen LogP contribution in [0.1, 0.15) is 19.3 Å². The number of nitrogens with one attached hydrogen (secondary N) is 2. The van der Waals surface area contributed by atoms with Gasteiger partial charge in [0, 0.05) is 49.0 Å². The Kier molecular flexibility index (Phi) is 6.05. The average molecular weight is 454 g/mol. The van der Waals surface area contributed by atoms with Crippen molar-refractivity contribution in [2.24, 2.45) is 0 Å². The van der Waals surface area contributed by atoms with Crippen LogP contribution >= 0.6 is 0 Å². The summed E-state index contributed by atoms with van der Waals surface area (Å²) in [5, 5.41) is 17.3. The summed E-state index contributed by atoms with van der Waals surface area (Å²) in [7, 11) is 1.73. The van der Waals surface area contributed by atoms with Crippen LogP contribution in [-0.2, 0) is 4.74 Å². The molecule has 1 aliphatic heterocycles. The molecule has 33 heavy (non-hydrogen) atoms. The number of anilines is 1. The van der Waals surface area contributed by atoms with Gasteiger partial charge in [-0.15, -0.1) is 0 Å². The highest BCUT2D eigenvalue weighted by molar-refractivity contribution is 5.86. The van der Waals surface area contributed by atoms with Gasteiger partial charge in [-0.1, -0.05) is 0 Å². The van der Waals surface area contributed by atoms with Crippen LogP contribution in [0.15, 0.2) is 48.7 Å². The predicted octanol–water partition coefficient (Wildman–Crippen LogP) is 3.86. The van der Waals surface area contributed by atoms with Gasteiger partial charge in [0.2, 0.25) is 0 Å². The maximum Gasteiger partial charge on any atom is 0.167 e. The molecule has 5 rings (SSSR count). The van der Waals surface area contributed by atoms with E-state index in [1.807, 2.05) is 6.07 Å². The molecule has 2 aromatic carbocycles. The van der Waals surface area contributed by atoms with E-state index in [4.69, 9.17) is 14.2 Å². The van der Waals surface area contributed by atoms with Crippen LogP contribution in [0.4, 0.5) is 10.1 Å². The van der Waals surface area contributed by atoms with Crippen molar-refractivity contribution >= 4 is 16.6 Å². The predicted molar refractivity (Wildman–Crippen MR) is 124 cm³/mol. The van der Waals surface area contributed by atoms with E-state index in [0.717, 1.165) is 24.6 Å². The van der Waals surface area contributed by atoms with Crippen molar-refractivity contribution in [3.8, 4) is 17.2 Å². The molecule has 8 heteroatoms. The first-order chi connectivity index (χ1) is 16.0. The fourth-order valence-electron chi connectivity index (χ4n) is 4.16. The second-order valence-corrected chi connectivity index (χ2v) is 8.75. The lowest BCUT2D eigenvalue weighted by atomic mass is 10.1. The lowest BCUT2D eigenvalue weighted by Crippen LogP contribution is -2.38. The summed E-state index contributed by atoms with van der Waals surface area (Å²) < 4.78 is 31.7. The lowest BCUT2D eigenvalue weighted by molar-refractivity contribution is 0.0853. The minimum absolute atomic E-state index is 0.127. The quantitative estimate of drug-likeness (QED) is 0.454. The zero-order valence-corrected chi connectivity index (χ0v) is 18.5. The normalized spacial score (nSPS) is 19.5. The molecule has 1 aliphatic carbocycles. The average Bonchev–Trinajstić information content (AvgIpc) is 3.47. The van der Waals surface area contributed by atoms with Gasteiger partial charge in [-0.3, -0.25) is 4.98 Å². The molecule has 1 aromatic heterocycles. The van der Waals surface area contributed by atoms with E-state index in [9.17, 15) is 9.50 Å². The maximum absolute atomic E-state index is 14.3. The molecule has 1 saturated carbocycles. The standard InChI is InChI=1S/C25H28FN3O4/c1-27-16-2-5-24(21(26)10-16)33-23-6-9-28-22-11-19(3-4-20(22)23)31-15-18(30)13-29-17-12-25(7-8-25)32-14-17/h2-6,9-11,17-18,27,29-30H,7-8,12-15H2,1H3. The van der Waals surface area contributed by atoms with Crippen LogP contribution in [0.3, 0.4) is 0 Å². The highest BCUT2D eigenvalue weighted by Gasteiger charge is 2.49. The number of hydrogen-bond donors (Lipinski definition) is 3. The van der Waals surface area contributed by atoms with Gasteiger partial charge >= 0.3 is 0 Å². The fourth-order valence-corrected chi connectivity index (χ4v) is 4.16. The first-order valence-corrected chi connectivity index (χ1v) is 11.3. The fraction of sp³-hybridized carbons (Fsp3) is 0.400. The van der Waals surface area contributed by atoms with Crippen molar-refractivity contribution in [1.29, 1.82) is 0 Å². The zero-order chi connectivity index (χ0) is 22.8. The third-order valence-electron chi connectivity index (χ3n) is 6.22. The molecular formula is C25H28FN3O4. The number of pyridine rings is 1. The van der Waals surface area contributed by atoms with Crippen molar-refractivity contribution in [3.63, 3.8) is 0 Å². The van der Waals surface area contributed by atoms with Gasteiger partial charge < -0.3 is 30.0 Å².